The lowest BCUT2D eigenvalue weighted by atomic mass is 10.2. The highest BCUT2D eigenvalue weighted by Gasteiger charge is 2.08. The number of amides is 1. The van der Waals surface area contributed by atoms with E-state index in [1.807, 2.05) is 20.2 Å². The molecule has 0 aliphatic carbocycles. The summed E-state index contributed by atoms with van der Waals surface area (Å²) in [7, 11) is 5.34. The van der Waals surface area contributed by atoms with Crippen LogP contribution >= 0.6 is 0 Å². The Balaban J connectivity index is 1.93. The topological polar surface area (TPSA) is 83.6 Å². The minimum Gasteiger partial charge on any atom is -0.465 e. The number of pyridine rings is 1. The van der Waals surface area contributed by atoms with Crippen LogP contribution < -0.4 is 10.6 Å². The lowest BCUT2D eigenvalue weighted by Gasteiger charge is -2.10. The van der Waals surface area contributed by atoms with Gasteiger partial charge in [0.15, 0.2) is 0 Å². The molecule has 1 aromatic heterocycles. The van der Waals surface area contributed by atoms with E-state index in [0.717, 1.165) is 13.0 Å². The molecule has 0 aliphatic rings. The summed E-state index contributed by atoms with van der Waals surface area (Å²) in [6.07, 6.45) is 2.41. The van der Waals surface area contributed by atoms with Crippen molar-refractivity contribution in [2.24, 2.45) is 0 Å². The third kappa shape index (κ3) is 5.86. The third-order valence-corrected chi connectivity index (χ3v) is 3.65. The molecule has 0 atom stereocenters. The van der Waals surface area contributed by atoms with Gasteiger partial charge >= 0.3 is 5.97 Å². The van der Waals surface area contributed by atoms with Crippen molar-refractivity contribution in [3.05, 3.63) is 53.7 Å². The molecule has 7 nitrogen and oxygen atoms in total. The number of ether oxygens (including phenoxy) is 1. The smallest absolute Gasteiger partial charge is 0.337 e. The highest BCUT2D eigenvalue weighted by molar-refractivity contribution is 5.94. The van der Waals surface area contributed by atoms with Gasteiger partial charge in [0, 0.05) is 18.4 Å². The maximum atomic E-state index is 12.1. The highest BCUT2D eigenvalue weighted by atomic mass is 16.5. The van der Waals surface area contributed by atoms with Gasteiger partial charge in [-0.3, -0.25) is 4.79 Å². The predicted molar refractivity (Wildman–Crippen MR) is 101 cm³/mol. The van der Waals surface area contributed by atoms with Crippen molar-refractivity contribution in [3.8, 4) is 0 Å². The molecule has 0 bridgehead atoms. The fourth-order valence-electron chi connectivity index (χ4n) is 2.29. The van der Waals surface area contributed by atoms with Gasteiger partial charge in [-0.15, -0.1) is 0 Å². The maximum absolute atomic E-state index is 12.1. The minimum absolute atomic E-state index is 0.143. The van der Waals surface area contributed by atoms with Crippen LogP contribution in [-0.4, -0.2) is 56.1 Å². The molecule has 26 heavy (non-hydrogen) atoms. The first-order chi connectivity index (χ1) is 12.5. The quantitative estimate of drug-likeness (QED) is 0.558. The number of anilines is 2. The number of benzene rings is 1. The third-order valence-electron chi connectivity index (χ3n) is 3.65. The van der Waals surface area contributed by atoms with Gasteiger partial charge in [0.05, 0.1) is 18.2 Å². The van der Waals surface area contributed by atoms with Crippen molar-refractivity contribution >= 4 is 23.4 Å². The number of methoxy groups -OCH3 is 1. The molecule has 7 heteroatoms. The minimum atomic E-state index is -0.400. The maximum Gasteiger partial charge on any atom is 0.337 e. The van der Waals surface area contributed by atoms with Gasteiger partial charge in [-0.05, 0) is 57.4 Å². The summed E-state index contributed by atoms with van der Waals surface area (Å²) in [5.41, 5.74) is 1.66. The Labute approximate surface area is 153 Å². The number of hydrogen-bond acceptors (Lipinski definition) is 6. The SMILES string of the molecule is COC(=O)c1cccc(Nc2ccc(C(=O)NCCCN(C)C)cn2)c1. The summed E-state index contributed by atoms with van der Waals surface area (Å²) >= 11 is 0. The number of nitrogens with zero attached hydrogens (tertiary/aromatic N) is 2. The molecule has 0 fully saturated rings. The molecular formula is C19H24N4O3. The predicted octanol–water partition coefficient (Wildman–Crippen LogP) is 2.29. The molecule has 2 rings (SSSR count). The Hall–Kier alpha value is -2.93. The number of nitrogens with one attached hydrogen (secondary N) is 2. The highest BCUT2D eigenvalue weighted by Crippen LogP contribution is 2.17. The summed E-state index contributed by atoms with van der Waals surface area (Å²) in [5, 5.41) is 5.97. The average Bonchev–Trinajstić information content (AvgIpc) is 2.65. The summed E-state index contributed by atoms with van der Waals surface area (Å²) < 4.78 is 4.71. The fraction of sp³-hybridized carbons (Fsp3) is 0.316. The second-order valence-electron chi connectivity index (χ2n) is 6.04. The van der Waals surface area contributed by atoms with E-state index in [9.17, 15) is 9.59 Å². The van der Waals surface area contributed by atoms with Crippen LogP contribution in [0.3, 0.4) is 0 Å². The van der Waals surface area contributed by atoms with Gasteiger partial charge in [0.1, 0.15) is 5.82 Å². The lowest BCUT2D eigenvalue weighted by Crippen LogP contribution is -2.27. The second kappa shape index (κ2) is 9.53. The van der Waals surface area contributed by atoms with Gasteiger partial charge in [-0.2, -0.15) is 0 Å². The first-order valence-corrected chi connectivity index (χ1v) is 8.34. The number of hydrogen-bond donors (Lipinski definition) is 2. The number of esters is 1. The van der Waals surface area contributed by atoms with Crippen LogP contribution in [0, 0.1) is 0 Å². The van der Waals surface area contributed by atoms with Crippen LogP contribution in [0.2, 0.25) is 0 Å². The summed E-state index contributed by atoms with van der Waals surface area (Å²) in [6.45, 7) is 1.55. The Morgan fingerprint density at radius 3 is 2.62 bits per heavy atom. The number of aromatic nitrogens is 1. The van der Waals surface area contributed by atoms with E-state index in [0.29, 0.717) is 29.2 Å². The van der Waals surface area contributed by atoms with Gasteiger partial charge in [0.2, 0.25) is 0 Å². The molecule has 0 spiro atoms. The summed E-state index contributed by atoms with van der Waals surface area (Å²) in [6, 6.07) is 10.4. The second-order valence-corrected chi connectivity index (χ2v) is 6.04. The molecule has 138 valence electrons. The zero-order valence-electron chi connectivity index (χ0n) is 15.3. The number of carbonyl (C=O) groups excluding carboxylic acids is 2. The molecule has 0 radical (unpaired) electrons. The van der Waals surface area contributed by atoms with Gasteiger partial charge in [-0.1, -0.05) is 6.07 Å². The van der Waals surface area contributed by atoms with Crippen molar-refractivity contribution < 1.29 is 14.3 Å². The molecule has 2 aromatic rings. The fourth-order valence-corrected chi connectivity index (χ4v) is 2.29. The van der Waals surface area contributed by atoms with E-state index in [-0.39, 0.29) is 5.91 Å². The van der Waals surface area contributed by atoms with Gasteiger partial charge < -0.3 is 20.3 Å². The van der Waals surface area contributed by atoms with E-state index in [1.54, 1.807) is 30.3 Å². The average molecular weight is 356 g/mol. The normalized spacial score (nSPS) is 10.5. The molecule has 1 aromatic carbocycles. The van der Waals surface area contributed by atoms with Gasteiger partial charge in [0.25, 0.3) is 5.91 Å². The number of carbonyl (C=O) groups is 2. The Bertz CT molecular complexity index is 745. The zero-order chi connectivity index (χ0) is 18.9. The van der Waals surface area contributed by atoms with E-state index in [4.69, 9.17) is 4.74 Å². The molecule has 0 unspecified atom stereocenters. The van der Waals surface area contributed by atoms with Crippen LogP contribution in [0.4, 0.5) is 11.5 Å². The van der Waals surface area contributed by atoms with E-state index >= 15 is 0 Å². The van der Waals surface area contributed by atoms with Crippen molar-refractivity contribution in [1.29, 1.82) is 0 Å². The van der Waals surface area contributed by atoms with Crippen molar-refractivity contribution in [2.75, 3.05) is 39.6 Å². The molecular weight excluding hydrogens is 332 g/mol. The summed E-state index contributed by atoms with van der Waals surface area (Å²) in [4.78, 5) is 30.0. The van der Waals surface area contributed by atoms with Crippen LogP contribution in [0.1, 0.15) is 27.1 Å². The molecule has 1 amide bonds. The Morgan fingerprint density at radius 1 is 1.15 bits per heavy atom. The first kappa shape index (κ1) is 19.4. The van der Waals surface area contributed by atoms with Crippen LogP contribution in [0.5, 0.6) is 0 Å². The molecule has 1 heterocycles. The van der Waals surface area contributed by atoms with Crippen LogP contribution in [-0.2, 0) is 4.74 Å². The zero-order valence-corrected chi connectivity index (χ0v) is 15.3. The van der Waals surface area contributed by atoms with Crippen LogP contribution in [0.15, 0.2) is 42.6 Å². The standard InChI is InChI=1S/C19H24N4O3/c1-23(2)11-5-10-20-18(24)15-8-9-17(21-13-15)22-16-7-4-6-14(12-16)19(25)26-3/h4,6-9,12-13H,5,10-11H2,1-3H3,(H,20,24)(H,21,22). The summed E-state index contributed by atoms with van der Waals surface area (Å²) in [5.74, 6) is 0.0366. The largest absolute Gasteiger partial charge is 0.465 e. The van der Waals surface area contributed by atoms with E-state index < -0.39 is 5.97 Å². The first-order valence-electron chi connectivity index (χ1n) is 8.34. The van der Waals surface area contributed by atoms with Gasteiger partial charge in [-0.25, -0.2) is 9.78 Å². The lowest BCUT2D eigenvalue weighted by molar-refractivity contribution is 0.0600. The van der Waals surface area contributed by atoms with Crippen molar-refractivity contribution in [1.82, 2.24) is 15.2 Å². The molecule has 0 saturated heterocycles. The molecule has 0 aliphatic heterocycles. The van der Waals surface area contributed by atoms with E-state index in [1.165, 1.54) is 13.3 Å². The number of rotatable bonds is 8. The molecule has 0 saturated carbocycles. The van der Waals surface area contributed by atoms with E-state index in [2.05, 4.69) is 20.5 Å². The van der Waals surface area contributed by atoms with Crippen LogP contribution in [0.25, 0.3) is 0 Å². The van der Waals surface area contributed by atoms with Crippen molar-refractivity contribution in [2.45, 2.75) is 6.42 Å². The molecule has 2 N–H and O–H groups in total. The monoisotopic (exact) mass is 356 g/mol. The van der Waals surface area contributed by atoms with Crippen molar-refractivity contribution in [3.63, 3.8) is 0 Å². The Kier molecular flexibility index (Phi) is 7.11. The Morgan fingerprint density at radius 2 is 1.96 bits per heavy atom.